The second kappa shape index (κ2) is 14.5. The molecule has 1 heterocycles. The molecule has 35 heavy (non-hydrogen) atoms. The first kappa shape index (κ1) is 29.2. The van der Waals surface area contributed by atoms with Crippen LogP contribution in [0.5, 0.6) is 0 Å². The Morgan fingerprint density at radius 3 is 1.97 bits per heavy atom. The number of aromatic nitrogens is 2. The summed E-state index contributed by atoms with van der Waals surface area (Å²) in [5, 5.41) is 2.75. The summed E-state index contributed by atoms with van der Waals surface area (Å²) >= 11 is -3.05. The van der Waals surface area contributed by atoms with Crippen molar-refractivity contribution in [1.82, 2.24) is 9.36 Å². The molecule has 2 aromatic rings. The van der Waals surface area contributed by atoms with Crippen molar-refractivity contribution in [3.8, 4) is 5.69 Å². The van der Waals surface area contributed by atoms with Crippen LogP contribution < -0.4 is 10.9 Å². The fourth-order valence-electron chi connectivity index (χ4n) is 4.45. The second-order valence-corrected chi connectivity index (χ2v) is 21.1. The van der Waals surface area contributed by atoms with Gasteiger partial charge in [-0.15, -0.1) is 0 Å². The predicted molar refractivity (Wildman–Crippen MR) is 145 cm³/mol. The van der Waals surface area contributed by atoms with Gasteiger partial charge in [0.1, 0.15) is 0 Å². The molecule has 0 fully saturated rings. The van der Waals surface area contributed by atoms with Gasteiger partial charge in [0, 0.05) is 0 Å². The van der Waals surface area contributed by atoms with E-state index in [9.17, 15) is 14.4 Å². The van der Waals surface area contributed by atoms with Crippen molar-refractivity contribution in [3.63, 3.8) is 0 Å². The van der Waals surface area contributed by atoms with Crippen LogP contribution in [-0.2, 0) is 19.7 Å². The summed E-state index contributed by atoms with van der Waals surface area (Å²) < 4.78 is 12.8. The molecule has 1 aromatic heterocycles. The van der Waals surface area contributed by atoms with Crippen molar-refractivity contribution >= 4 is 36.4 Å². The summed E-state index contributed by atoms with van der Waals surface area (Å²) in [7, 11) is 1.78. The first-order valence-electron chi connectivity index (χ1n) is 13.1. The van der Waals surface area contributed by atoms with Crippen LogP contribution in [0.1, 0.15) is 77.8 Å². The van der Waals surface area contributed by atoms with Crippen LogP contribution >= 0.6 is 0 Å². The number of carbonyl (C=O) groups is 2. The van der Waals surface area contributed by atoms with Crippen molar-refractivity contribution in [2.24, 2.45) is 7.05 Å². The van der Waals surface area contributed by atoms with Gasteiger partial charge in [-0.3, -0.25) is 0 Å². The molecule has 0 atom stereocenters. The molecule has 1 aromatic carbocycles. The molecule has 0 radical (unpaired) electrons. The first-order valence-corrected chi connectivity index (χ1v) is 20.4. The zero-order valence-electron chi connectivity index (χ0n) is 22.2. The van der Waals surface area contributed by atoms with E-state index in [4.69, 9.17) is 3.07 Å². The molecule has 2 rings (SSSR count). The molecule has 1 amide bonds. The number of amides is 1. The van der Waals surface area contributed by atoms with Crippen molar-refractivity contribution in [1.29, 1.82) is 0 Å². The quantitative estimate of drug-likeness (QED) is 0.254. The zero-order valence-corrected chi connectivity index (χ0v) is 25.0. The van der Waals surface area contributed by atoms with Gasteiger partial charge in [-0.05, 0) is 0 Å². The molecule has 0 aliphatic heterocycles. The number of unbranched alkanes of at least 4 members (excludes halogenated alkanes) is 3. The molecule has 0 saturated heterocycles. The number of para-hydroxylation sites is 1. The van der Waals surface area contributed by atoms with Crippen molar-refractivity contribution in [3.05, 3.63) is 46.4 Å². The summed E-state index contributed by atoms with van der Waals surface area (Å²) in [6.45, 7) is 8.34. The van der Waals surface area contributed by atoms with Crippen LogP contribution in [0.4, 0.5) is 5.69 Å². The molecule has 7 nitrogen and oxygen atoms in total. The van der Waals surface area contributed by atoms with Gasteiger partial charge < -0.3 is 0 Å². The van der Waals surface area contributed by atoms with Crippen LogP contribution in [0, 0.1) is 6.92 Å². The molecular weight excluding hydrogens is 549 g/mol. The Labute approximate surface area is 214 Å². The van der Waals surface area contributed by atoms with Gasteiger partial charge in [0.05, 0.1) is 0 Å². The number of benzene rings is 1. The van der Waals surface area contributed by atoms with E-state index in [0.29, 0.717) is 5.69 Å². The molecule has 0 saturated carbocycles. The molecule has 0 bridgehead atoms. The topological polar surface area (TPSA) is 82.3 Å². The number of hydrogen-bond donors (Lipinski definition) is 1. The number of nitrogens with zero attached hydrogens (tertiary/aromatic N) is 2. The summed E-state index contributed by atoms with van der Waals surface area (Å²) in [5.41, 5.74) is 1.34. The molecule has 194 valence electrons. The first-order chi connectivity index (χ1) is 16.8. The Morgan fingerprint density at radius 2 is 1.46 bits per heavy atom. The summed E-state index contributed by atoms with van der Waals surface area (Å²) in [5.74, 6) is -0.588. The third-order valence-corrected chi connectivity index (χ3v) is 19.4. The number of hydrogen-bond acceptors (Lipinski definition) is 4. The Bertz CT molecular complexity index is 992. The van der Waals surface area contributed by atoms with E-state index >= 15 is 0 Å². The molecule has 0 aliphatic carbocycles. The van der Waals surface area contributed by atoms with Crippen LogP contribution in [0.2, 0.25) is 13.3 Å². The van der Waals surface area contributed by atoms with Gasteiger partial charge in [-0.2, -0.15) is 0 Å². The average molecular weight is 592 g/mol. The second-order valence-electron chi connectivity index (χ2n) is 9.45. The van der Waals surface area contributed by atoms with E-state index in [1.165, 1.54) is 4.68 Å². The predicted octanol–water partition coefficient (Wildman–Crippen LogP) is 6.09. The average Bonchev–Trinajstić information content (AvgIpc) is 3.07. The Hall–Kier alpha value is -2.03. The van der Waals surface area contributed by atoms with Crippen LogP contribution in [0.3, 0.4) is 0 Å². The minimum absolute atomic E-state index is 0.00915. The van der Waals surface area contributed by atoms with Gasteiger partial charge in [0.25, 0.3) is 0 Å². The van der Waals surface area contributed by atoms with Crippen LogP contribution in [-0.4, -0.2) is 40.0 Å². The third-order valence-electron chi connectivity index (χ3n) is 6.66. The zero-order chi connectivity index (χ0) is 25.8. The van der Waals surface area contributed by atoms with Gasteiger partial charge in [0.15, 0.2) is 0 Å². The Balaban J connectivity index is 2.06. The molecule has 8 heteroatoms. The minimum atomic E-state index is -3.05. The van der Waals surface area contributed by atoms with E-state index in [2.05, 4.69) is 26.1 Å². The van der Waals surface area contributed by atoms with Crippen LogP contribution in [0.15, 0.2) is 35.1 Å². The molecule has 0 unspecified atom stereocenters. The number of nitrogens with one attached hydrogen (secondary N) is 1. The number of rotatable bonds is 15. The monoisotopic (exact) mass is 593 g/mol. The summed E-state index contributed by atoms with van der Waals surface area (Å²) in [6, 6.07) is 9.30. The molecule has 0 aliphatic rings. The fraction of sp³-hybridized carbons (Fsp3) is 0.593. The Morgan fingerprint density at radius 1 is 0.914 bits per heavy atom. The maximum absolute atomic E-state index is 13.0. The van der Waals surface area contributed by atoms with Gasteiger partial charge in [-0.1, -0.05) is 6.07 Å². The van der Waals surface area contributed by atoms with Crippen LogP contribution in [0.25, 0.3) is 5.69 Å². The number of anilines is 1. The normalized spacial score (nSPS) is 11.5. The summed E-state index contributed by atoms with van der Waals surface area (Å²) in [6.07, 6.45) is 6.70. The Kier molecular flexibility index (Phi) is 12.1. The van der Waals surface area contributed by atoms with Crippen molar-refractivity contribution in [2.45, 2.75) is 92.4 Å². The van der Waals surface area contributed by atoms with Crippen molar-refractivity contribution in [2.75, 3.05) is 5.32 Å². The number of carbonyl (C=O) groups excluding carboxylic acids is 2. The van der Waals surface area contributed by atoms with Gasteiger partial charge in [-0.25, -0.2) is 0 Å². The molecule has 0 spiro atoms. The van der Waals surface area contributed by atoms with Crippen molar-refractivity contribution < 1.29 is 12.7 Å². The molecule has 1 N–H and O–H groups in total. The van der Waals surface area contributed by atoms with E-state index < -0.39 is 18.8 Å². The maximum atomic E-state index is 13.0. The molecular formula is C27H43N3O4Sn. The van der Waals surface area contributed by atoms with E-state index in [1.807, 2.05) is 30.3 Å². The standard InChI is InChI=1S/C15H17N3O4.3C4H9.Sn/c1-10-14(16-12(19)8-9-13(20)21)15(22)18(17(10)2)11-6-4-3-5-7-11;3*1-3-4-2;/h3-7H,8-9H2,1-2H3,(H,16,19)(H,20,21);3*1,3-4H2,2H3;/q;;;;+1/p-1. The van der Waals surface area contributed by atoms with Gasteiger partial charge in [0.2, 0.25) is 0 Å². The van der Waals surface area contributed by atoms with E-state index in [-0.39, 0.29) is 36.0 Å². The SMILES string of the molecule is CCC[CH2][Sn]([CH2]CCC)([CH2]CCC)[O]C(=O)CCC(=O)Nc1c(C)n(C)n(-c2ccccc2)c1=O. The van der Waals surface area contributed by atoms with E-state index in [0.717, 1.165) is 57.5 Å². The summed E-state index contributed by atoms with van der Waals surface area (Å²) in [4.78, 5) is 38.6. The van der Waals surface area contributed by atoms with E-state index in [1.54, 1.807) is 18.7 Å². The fourth-order valence-corrected chi connectivity index (χ4v) is 17.7. The third kappa shape index (κ3) is 8.26. The van der Waals surface area contributed by atoms with Gasteiger partial charge >= 0.3 is 209 Å².